The average molecular weight is 338 g/mol. The van der Waals surface area contributed by atoms with Crippen LogP contribution in [0, 0.1) is 0 Å². The van der Waals surface area contributed by atoms with Crippen LogP contribution in [0.25, 0.3) is 0 Å². The zero-order valence-corrected chi connectivity index (χ0v) is 13.8. The maximum absolute atomic E-state index is 11.3. The number of carboxylic acid groups (broad SMARTS) is 1. The number of hydrogen-bond acceptors (Lipinski definition) is 5. The number of nitrogens with one attached hydrogen (secondary N) is 1. The molecule has 6 N–H and O–H groups in total. The van der Waals surface area contributed by atoms with Crippen molar-refractivity contribution in [3.63, 3.8) is 0 Å². The Labute approximate surface area is 141 Å². The molecule has 3 atom stereocenters. The van der Waals surface area contributed by atoms with Gasteiger partial charge in [-0.3, -0.25) is 4.79 Å². The molecular weight excluding hydrogens is 312 g/mol. The summed E-state index contributed by atoms with van der Waals surface area (Å²) >= 11 is 0. The monoisotopic (exact) mass is 338 g/mol. The summed E-state index contributed by atoms with van der Waals surface area (Å²) in [5, 5.41) is 29.6. The molecule has 0 saturated heterocycles. The van der Waals surface area contributed by atoms with E-state index in [4.69, 9.17) is 15.9 Å². The first-order valence-corrected chi connectivity index (χ1v) is 8.06. The maximum Gasteiger partial charge on any atom is 0.337 e. The standard InChI is InChI=1S/C9H18N2O2.C8H8O3/c1-2-3-7(10)8(12)9(13)11-6-4-5-6;9-7(8(10)11)6-4-2-1-3-5-6/h6-8,12H,2-5,10H2,1H3,(H,11,13);1-5,7,9H,(H,10,11)/t7-,8-;7-/m00/s1. The van der Waals surface area contributed by atoms with E-state index in [0.717, 1.165) is 19.3 Å². The van der Waals surface area contributed by atoms with Gasteiger partial charge in [-0.15, -0.1) is 0 Å². The molecule has 0 aromatic heterocycles. The van der Waals surface area contributed by atoms with Gasteiger partial charge in [-0.1, -0.05) is 43.7 Å². The van der Waals surface area contributed by atoms with Gasteiger partial charge in [0.15, 0.2) is 6.10 Å². The van der Waals surface area contributed by atoms with Crippen LogP contribution in [0.5, 0.6) is 0 Å². The molecule has 24 heavy (non-hydrogen) atoms. The lowest BCUT2D eigenvalue weighted by molar-refractivity contribution is -0.147. The first-order chi connectivity index (χ1) is 11.4. The molecule has 1 fully saturated rings. The molecule has 134 valence electrons. The first kappa shape index (κ1) is 20.1. The zero-order chi connectivity index (χ0) is 18.1. The molecule has 1 amide bonds. The highest BCUT2D eigenvalue weighted by atomic mass is 16.4. The van der Waals surface area contributed by atoms with Gasteiger partial charge in [-0.25, -0.2) is 4.79 Å². The fourth-order valence-electron chi connectivity index (χ4n) is 1.98. The normalized spacial score (nSPS) is 17.0. The van der Waals surface area contributed by atoms with E-state index in [9.17, 15) is 14.7 Å². The summed E-state index contributed by atoms with van der Waals surface area (Å²) in [6.07, 6.45) is 1.17. The number of carbonyl (C=O) groups is 2. The zero-order valence-electron chi connectivity index (χ0n) is 13.8. The lowest BCUT2D eigenvalue weighted by atomic mass is 10.1. The molecule has 1 aromatic carbocycles. The summed E-state index contributed by atoms with van der Waals surface area (Å²) in [6.45, 7) is 1.98. The van der Waals surface area contributed by atoms with Crippen molar-refractivity contribution in [2.24, 2.45) is 5.73 Å². The van der Waals surface area contributed by atoms with Crippen LogP contribution in [-0.4, -0.2) is 45.4 Å². The van der Waals surface area contributed by atoms with Gasteiger partial charge < -0.3 is 26.4 Å². The van der Waals surface area contributed by atoms with Crippen LogP contribution in [-0.2, 0) is 9.59 Å². The minimum absolute atomic E-state index is 0.288. The highest BCUT2D eigenvalue weighted by molar-refractivity contribution is 5.81. The fraction of sp³-hybridized carbons (Fsp3) is 0.529. The van der Waals surface area contributed by atoms with Crippen LogP contribution in [0.1, 0.15) is 44.3 Å². The number of carboxylic acids is 1. The van der Waals surface area contributed by atoms with Crippen LogP contribution in [0.3, 0.4) is 0 Å². The number of carbonyl (C=O) groups excluding carboxylic acids is 1. The summed E-state index contributed by atoms with van der Waals surface area (Å²) < 4.78 is 0. The number of aliphatic hydroxyl groups excluding tert-OH is 2. The topological polar surface area (TPSA) is 133 Å². The highest BCUT2D eigenvalue weighted by Gasteiger charge is 2.28. The molecule has 2 rings (SSSR count). The molecule has 0 spiro atoms. The molecule has 1 aromatic rings. The second-order valence-corrected chi connectivity index (χ2v) is 5.83. The molecule has 0 aliphatic heterocycles. The van der Waals surface area contributed by atoms with Crippen molar-refractivity contribution < 1.29 is 24.9 Å². The third-order valence-corrected chi connectivity index (χ3v) is 3.57. The van der Waals surface area contributed by atoms with Crippen molar-refractivity contribution in [2.45, 2.75) is 56.9 Å². The Morgan fingerprint density at radius 3 is 2.29 bits per heavy atom. The van der Waals surface area contributed by atoms with Gasteiger partial charge in [0.25, 0.3) is 5.91 Å². The van der Waals surface area contributed by atoms with Crippen molar-refractivity contribution in [1.29, 1.82) is 0 Å². The van der Waals surface area contributed by atoms with Crippen LogP contribution in [0.4, 0.5) is 0 Å². The largest absolute Gasteiger partial charge is 0.479 e. The number of benzene rings is 1. The van der Waals surface area contributed by atoms with Gasteiger partial charge in [0.1, 0.15) is 6.10 Å². The van der Waals surface area contributed by atoms with E-state index in [-0.39, 0.29) is 11.9 Å². The molecule has 0 radical (unpaired) electrons. The number of aliphatic hydroxyl groups is 2. The van der Waals surface area contributed by atoms with E-state index in [1.165, 1.54) is 0 Å². The minimum atomic E-state index is -1.41. The molecule has 1 aliphatic rings. The quantitative estimate of drug-likeness (QED) is 0.493. The Balaban J connectivity index is 0.000000243. The summed E-state index contributed by atoms with van der Waals surface area (Å²) in [5.74, 6) is -1.54. The van der Waals surface area contributed by atoms with Crippen molar-refractivity contribution in [2.75, 3.05) is 0 Å². The van der Waals surface area contributed by atoms with Gasteiger partial charge in [0.2, 0.25) is 0 Å². The summed E-state index contributed by atoms with van der Waals surface area (Å²) in [7, 11) is 0. The van der Waals surface area contributed by atoms with E-state index in [2.05, 4.69) is 5.32 Å². The number of rotatable bonds is 7. The number of aliphatic carboxylic acids is 1. The Morgan fingerprint density at radius 2 is 1.83 bits per heavy atom. The van der Waals surface area contributed by atoms with E-state index >= 15 is 0 Å². The third-order valence-electron chi connectivity index (χ3n) is 3.57. The van der Waals surface area contributed by atoms with E-state index in [1.54, 1.807) is 30.3 Å². The van der Waals surface area contributed by atoms with Crippen molar-refractivity contribution in [1.82, 2.24) is 5.32 Å². The van der Waals surface area contributed by atoms with Crippen LogP contribution in [0.2, 0.25) is 0 Å². The summed E-state index contributed by atoms with van der Waals surface area (Å²) in [5.41, 5.74) is 6.02. The average Bonchev–Trinajstić information content (AvgIpc) is 3.38. The Hall–Kier alpha value is -1.96. The Morgan fingerprint density at radius 1 is 1.25 bits per heavy atom. The van der Waals surface area contributed by atoms with Gasteiger partial charge in [-0.2, -0.15) is 0 Å². The molecule has 1 aliphatic carbocycles. The molecule has 0 heterocycles. The summed E-state index contributed by atoms with van der Waals surface area (Å²) in [6, 6.07) is 8.12. The minimum Gasteiger partial charge on any atom is -0.479 e. The van der Waals surface area contributed by atoms with Crippen LogP contribution >= 0.6 is 0 Å². The first-order valence-electron chi connectivity index (χ1n) is 8.06. The Bertz CT molecular complexity index is 519. The number of nitrogens with two attached hydrogens (primary N) is 1. The molecule has 0 bridgehead atoms. The lowest BCUT2D eigenvalue weighted by Gasteiger charge is -2.17. The number of amides is 1. The molecular formula is C17H26N2O5. The van der Waals surface area contributed by atoms with Crippen LogP contribution in [0.15, 0.2) is 30.3 Å². The van der Waals surface area contributed by atoms with E-state index in [0.29, 0.717) is 12.0 Å². The van der Waals surface area contributed by atoms with Gasteiger partial charge in [0.05, 0.1) is 0 Å². The fourth-order valence-corrected chi connectivity index (χ4v) is 1.98. The highest BCUT2D eigenvalue weighted by Crippen LogP contribution is 2.18. The lowest BCUT2D eigenvalue weighted by Crippen LogP contribution is -2.46. The molecule has 7 heteroatoms. The summed E-state index contributed by atoms with van der Waals surface area (Å²) in [4.78, 5) is 21.5. The molecule has 7 nitrogen and oxygen atoms in total. The predicted molar refractivity (Wildman–Crippen MR) is 89.1 cm³/mol. The van der Waals surface area contributed by atoms with Crippen LogP contribution < -0.4 is 11.1 Å². The number of hydrogen-bond donors (Lipinski definition) is 5. The van der Waals surface area contributed by atoms with Gasteiger partial charge >= 0.3 is 5.97 Å². The predicted octanol–water partition coefficient (Wildman–Crippen LogP) is 0.558. The SMILES string of the molecule is CCC[C@H](N)[C@H](O)C(=O)NC1CC1.O=C(O)[C@@H](O)c1ccccc1. The molecule has 0 unspecified atom stereocenters. The maximum atomic E-state index is 11.3. The van der Waals surface area contributed by atoms with Crippen molar-refractivity contribution in [3.05, 3.63) is 35.9 Å². The Kier molecular flexibility index (Phi) is 8.39. The second kappa shape index (κ2) is 10.0. The van der Waals surface area contributed by atoms with E-state index in [1.807, 2.05) is 6.92 Å². The second-order valence-electron chi connectivity index (χ2n) is 5.83. The van der Waals surface area contributed by atoms with Crippen molar-refractivity contribution >= 4 is 11.9 Å². The van der Waals surface area contributed by atoms with Crippen molar-refractivity contribution in [3.8, 4) is 0 Å². The van der Waals surface area contributed by atoms with E-state index < -0.39 is 24.2 Å². The van der Waals surface area contributed by atoms with Gasteiger partial charge in [-0.05, 0) is 24.8 Å². The third kappa shape index (κ3) is 7.08. The smallest absolute Gasteiger partial charge is 0.337 e. The molecule has 1 saturated carbocycles. The van der Waals surface area contributed by atoms with Gasteiger partial charge in [0, 0.05) is 12.1 Å².